The molecule has 2 heterocycles. The predicted octanol–water partition coefficient (Wildman–Crippen LogP) is 5.91. The number of fused-ring (bicyclic) bond motifs is 3. The Hall–Kier alpha value is -3.57. The van der Waals surface area contributed by atoms with Crippen LogP contribution in [0.5, 0.6) is 5.75 Å². The molecular formula is C28H27NO4. The van der Waals surface area contributed by atoms with Crippen molar-refractivity contribution in [3.8, 4) is 11.4 Å². The molecule has 0 bridgehead atoms. The van der Waals surface area contributed by atoms with E-state index in [-0.39, 0.29) is 11.3 Å². The van der Waals surface area contributed by atoms with Gasteiger partial charge in [0.2, 0.25) is 0 Å². The number of hydrogen-bond donors (Lipinski definition) is 2. The lowest BCUT2D eigenvalue weighted by molar-refractivity contribution is -0.0581. The van der Waals surface area contributed by atoms with Gasteiger partial charge < -0.3 is 19.5 Å². The molecule has 0 amide bonds. The first-order valence-electron chi connectivity index (χ1n) is 11.1. The average Bonchev–Trinajstić information content (AvgIpc) is 3.16. The minimum absolute atomic E-state index is 0.223. The number of rotatable bonds is 3. The van der Waals surface area contributed by atoms with Crippen LogP contribution in [0.4, 0.5) is 0 Å². The number of carboxylic acid groups (broad SMARTS) is 1. The molecule has 0 fully saturated rings. The number of carbonyl (C=O) groups is 1. The lowest BCUT2D eigenvalue weighted by Gasteiger charge is -2.43. The number of hydrogen-bond acceptors (Lipinski definition) is 3. The van der Waals surface area contributed by atoms with Crippen LogP contribution in [-0.4, -0.2) is 27.4 Å². The van der Waals surface area contributed by atoms with Gasteiger partial charge in [0.1, 0.15) is 11.4 Å². The van der Waals surface area contributed by atoms with Gasteiger partial charge in [-0.05, 0) is 69.7 Å². The van der Waals surface area contributed by atoms with Gasteiger partial charge in [0.05, 0.1) is 23.4 Å². The van der Waals surface area contributed by atoms with Crippen molar-refractivity contribution in [2.75, 3.05) is 6.61 Å². The number of aryl methyl sites for hydroxylation is 1. The second-order valence-electron chi connectivity index (χ2n) is 9.58. The Morgan fingerprint density at radius 2 is 1.64 bits per heavy atom. The summed E-state index contributed by atoms with van der Waals surface area (Å²) in [6, 6.07) is 20.9. The minimum atomic E-state index is -0.956. The number of phenolic OH excluding ortho intramolecular Hbond substituents is 1. The van der Waals surface area contributed by atoms with E-state index in [1.165, 1.54) is 5.56 Å². The van der Waals surface area contributed by atoms with Crippen LogP contribution in [0.3, 0.4) is 0 Å². The number of nitrogens with zero attached hydrogens (tertiary/aromatic N) is 1. The highest BCUT2D eigenvalue weighted by atomic mass is 16.5. The molecule has 1 aliphatic heterocycles. The van der Waals surface area contributed by atoms with E-state index < -0.39 is 17.0 Å². The number of ether oxygens (including phenoxy) is 1. The molecule has 1 aromatic heterocycles. The van der Waals surface area contributed by atoms with Gasteiger partial charge in [-0.3, -0.25) is 0 Å². The zero-order valence-corrected chi connectivity index (χ0v) is 19.2. The molecule has 0 spiro atoms. The fraction of sp³-hybridized carbons (Fsp3) is 0.250. The van der Waals surface area contributed by atoms with Crippen LogP contribution < -0.4 is 0 Å². The normalized spacial score (nSPS) is 19.4. The van der Waals surface area contributed by atoms with Crippen molar-refractivity contribution in [3.63, 3.8) is 0 Å². The average molecular weight is 442 g/mol. The molecule has 5 nitrogen and oxygen atoms in total. The highest BCUT2D eigenvalue weighted by Crippen LogP contribution is 2.52. The van der Waals surface area contributed by atoms with Crippen molar-refractivity contribution in [3.05, 3.63) is 94.7 Å². The summed E-state index contributed by atoms with van der Waals surface area (Å²) in [7, 11) is 0. The third kappa shape index (κ3) is 3.15. The van der Waals surface area contributed by atoms with Crippen LogP contribution in [0.25, 0.3) is 16.6 Å². The maximum atomic E-state index is 11.4. The molecule has 5 rings (SSSR count). The van der Waals surface area contributed by atoms with Crippen LogP contribution in [0, 0.1) is 6.92 Å². The third-order valence-corrected chi connectivity index (χ3v) is 6.88. The largest absolute Gasteiger partial charge is 0.507 e. The second-order valence-corrected chi connectivity index (χ2v) is 9.58. The number of phenols is 1. The first-order valence-corrected chi connectivity index (χ1v) is 11.1. The summed E-state index contributed by atoms with van der Waals surface area (Å²) in [5.41, 5.74) is 5.07. The fourth-order valence-corrected chi connectivity index (χ4v) is 5.06. The summed E-state index contributed by atoms with van der Waals surface area (Å²) in [4.78, 5) is 11.4. The number of aromatic hydroxyl groups is 1. The molecule has 2 N–H and O–H groups in total. The van der Waals surface area contributed by atoms with Crippen LogP contribution in [0.15, 0.2) is 66.7 Å². The van der Waals surface area contributed by atoms with Gasteiger partial charge in [0.15, 0.2) is 0 Å². The maximum absolute atomic E-state index is 11.4. The van der Waals surface area contributed by atoms with E-state index in [9.17, 15) is 15.0 Å². The van der Waals surface area contributed by atoms with Crippen molar-refractivity contribution >= 4 is 16.9 Å². The van der Waals surface area contributed by atoms with E-state index in [0.717, 1.165) is 33.4 Å². The molecule has 1 unspecified atom stereocenters. The number of carboxylic acids is 1. The Kier molecular flexibility index (Phi) is 4.66. The highest BCUT2D eigenvalue weighted by Gasteiger charge is 2.47. The van der Waals surface area contributed by atoms with Gasteiger partial charge in [-0.2, -0.15) is 0 Å². The Labute approximate surface area is 192 Å². The van der Waals surface area contributed by atoms with Gasteiger partial charge in [-0.1, -0.05) is 35.9 Å². The van der Waals surface area contributed by atoms with Gasteiger partial charge in [0, 0.05) is 22.1 Å². The van der Waals surface area contributed by atoms with Crippen LogP contribution in [-0.2, 0) is 15.8 Å². The van der Waals surface area contributed by atoms with E-state index >= 15 is 0 Å². The first-order chi connectivity index (χ1) is 15.6. The van der Waals surface area contributed by atoms with Gasteiger partial charge in [-0.15, -0.1) is 0 Å². The van der Waals surface area contributed by atoms with E-state index in [0.29, 0.717) is 6.61 Å². The highest BCUT2D eigenvalue weighted by molar-refractivity contribution is 5.95. The molecule has 0 saturated carbocycles. The van der Waals surface area contributed by atoms with Crippen molar-refractivity contribution in [1.29, 1.82) is 0 Å². The molecule has 0 radical (unpaired) electrons. The zero-order valence-electron chi connectivity index (χ0n) is 19.2. The molecule has 4 aromatic rings. The number of aromatic carboxylic acids is 1. The zero-order chi connectivity index (χ0) is 23.5. The van der Waals surface area contributed by atoms with E-state index in [1.807, 2.05) is 24.3 Å². The van der Waals surface area contributed by atoms with Gasteiger partial charge in [-0.25, -0.2) is 4.79 Å². The summed E-state index contributed by atoms with van der Waals surface area (Å²) < 4.78 is 8.66. The molecule has 33 heavy (non-hydrogen) atoms. The van der Waals surface area contributed by atoms with Crippen molar-refractivity contribution in [2.24, 2.45) is 0 Å². The lowest BCUT2D eigenvalue weighted by Crippen LogP contribution is -2.43. The molecule has 168 valence electrons. The monoisotopic (exact) mass is 441 g/mol. The van der Waals surface area contributed by atoms with Gasteiger partial charge in [0.25, 0.3) is 0 Å². The third-order valence-electron chi connectivity index (χ3n) is 6.88. The molecule has 0 aliphatic carbocycles. The standard InChI is InChI=1S/C28H27NO4/c1-17-8-14-20(15-9-17)29-21-6-5-7-22(30)23(21)24-25(29)27(2,3)33-16-28(24,4)19-12-10-18(11-13-19)26(31)32/h5-15,30H,16H2,1-4H3,(H,31,32). The molecule has 3 aromatic carbocycles. The summed E-state index contributed by atoms with van der Waals surface area (Å²) in [5, 5.41) is 21.2. The molecule has 0 saturated heterocycles. The summed E-state index contributed by atoms with van der Waals surface area (Å²) >= 11 is 0. The fourth-order valence-electron chi connectivity index (χ4n) is 5.06. The quantitative estimate of drug-likeness (QED) is 0.414. The topological polar surface area (TPSA) is 71.7 Å². The Morgan fingerprint density at radius 3 is 2.27 bits per heavy atom. The first kappa shape index (κ1) is 21.3. The van der Waals surface area contributed by atoms with E-state index in [4.69, 9.17) is 4.74 Å². The molecule has 5 heteroatoms. The van der Waals surface area contributed by atoms with Crippen LogP contribution in [0.1, 0.15) is 53.5 Å². The predicted molar refractivity (Wildman–Crippen MR) is 129 cm³/mol. The van der Waals surface area contributed by atoms with E-state index in [1.54, 1.807) is 18.2 Å². The Balaban J connectivity index is 1.88. The Bertz CT molecular complexity index is 1380. The SMILES string of the molecule is Cc1ccc(-n2c3c(c4c(O)cccc42)C(C)(c2ccc(C(=O)O)cc2)COC3(C)C)cc1. The van der Waals surface area contributed by atoms with Crippen molar-refractivity contribution in [1.82, 2.24) is 4.57 Å². The lowest BCUT2D eigenvalue weighted by atomic mass is 9.71. The van der Waals surface area contributed by atoms with Crippen molar-refractivity contribution in [2.45, 2.75) is 38.7 Å². The van der Waals surface area contributed by atoms with Crippen molar-refractivity contribution < 1.29 is 19.7 Å². The molecule has 1 aliphatic rings. The summed E-state index contributed by atoms with van der Waals surface area (Å²) in [6.07, 6.45) is 0. The number of aromatic nitrogens is 1. The van der Waals surface area contributed by atoms with E-state index in [2.05, 4.69) is 56.5 Å². The molecular weight excluding hydrogens is 414 g/mol. The summed E-state index contributed by atoms with van der Waals surface area (Å²) in [5.74, 6) is -0.734. The molecule has 1 atom stereocenters. The second kappa shape index (κ2) is 7.22. The minimum Gasteiger partial charge on any atom is -0.507 e. The van der Waals surface area contributed by atoms with Crippen LogP contribution in [0.2, 0.25) is 0 Å². The smallest absolute Gasteiger partial charge is 0.335 e. The number of benzene rings is 3. The summed E-state index contributed by atoms with van der Waals surface area (Å²) in [6.45, 7) is 8.67. The van der Waals surface area contributed by atoms with Gasteiger partial charge >= 0.3 is 5.97 Å². The maximum Gasteiger partial charge on any atom is 0.335 e. The Morgan fingerprint density at radius 1 is 0.970 bits per heavy atom. The van der Waals surface area contributed by atoms with Crippen LogP contribution >= 0.6 is 0 Å².